The van der Waals surface area contributed by atoms with Gasteiger partial charge < -0.3 is 9.47 Å². The Morgan fingerprint density at radius 2 is 1.76 bits per heavy atom. The highest BCUT2D eigenvalue weighted by molar-refractivity contribution is 9.10. The van der Waals surface area contributed by atoms with Gasteiger partial charge in [-0.05, 0) is 48.5 Å². The fraction of sp³-hybridized carbons (Fsp3) is 0. The van der Waals surface area contributed by atoms with E-state index in [1.807, 2.05) is 36.4 Å². The van der Waals surface area contributed by atoms with Gasteiger partial charge in [0.1, 0.15) is 10.6 Å². The van der Waals surface area contributed by atoms with E-state index in [9.17, 15) is 9.59 Å². The van der Waals surface area contributed by atoms with Gasteiger partial charge in [-0.25, -0.2) is 14.6 Å². The predicted molar refractivity (Wildman–Crippen MR) is 141 cm³/mol. The summed E-state index contributed by atoms with van der Waals surface area (Å²) in [5.41, 5.74) is 1.26. The monoisotopic (exact) mass is 615 g/mol. The van der Waals surface area contributed by atoms with Crippen molar-refractivity contribution in [3.8, 4) is 5.75 Å². The number of rotatable bonds is 4. The van der Waals surface area contributed by atoms with Crippen LogP contribution in [0.3, 0.4) is 0 Å². The van der Waals surface area contributed by atoms with Crippen molar-refractivity contribution in [3.05, 3.63) is 102 Å². The standard InChI is InChI=1S/C25H12Br2ClNO4S/c26-15-7-9-19(32-25(31)22-21(28)17-8-6-16(27)12-20(17)34-22)14(10-15)11-18-24(30)33-23(29-18)13-4-2-1-3-5-13/h1-12H/b18-11+. The molecule has 0 unspecified atom stereocenters. The number of cyclic esters (lactones) is 1. The Hall–Kier alpha value is -2.78. The van der Waals surface area contributed by atoms with Gasteiger partial charge in [-0.3, -0.25) is 0 Å². The number of fused-ring (bicyclic) bond motifs is 1. The molecule has 168 valence electrons. The first kappa shape index (κ1) is 23.0. The summed E-state index contributed by atoms with van der Waals surface area (Å²) in [5.74, 6) is -0.707. The number of carbonyl (C=O) groups is 2. The SMILES string of the molecule is O=C1OC(c2ccccc2)=N/C1=C/c1cc(Br)ccc1OC(=O)c1sc2cc(Br)ccc2c1Cl. The zero-order valence-corrected chi connectivity index (χ0v) is 21.8. The van der Waals surface area contributed by atoms with Gasteiger partial charge in [-0.15, -0.1) is 11.3 Å². The maximum Gasteiger partial charge on any atom is 0.363 e. The number of nitrogens with zero attached hydrogens (tertiary/aromatic N) is 1. The molecule has 0 fully saturated rings. The molecule has 3 aromatic carbocycles. The summed E-state index contributed by atoms with van der Waals surface area (Å²) < 4.78 is 13.5. The second-order valence-electron chi connectivity index (χ2n) is 7.16. The van der Waals surface area contributed by atoms with Crippen LogP contribution in [0.25, 0.3) is 16.2 Å². The van der Waals surface area contributed by atoms with Gasteiger partial charge in [0.25, 0.3) is 0 Å². The molecule has 1 aliphatic rings. The van der Waals surface area contributed by atoms with Crippen LogP contribution in [0.2, 0.25) is 5.02 Å². The second kappa shape index (κ2) is 9.46. The van der Waals surface area contributed by atoms with E-state index in [1.165, 1.54) is 17.4 Å². The van der Waals surface area contributed by atoms with E-state index in [4.69, 9.17) is 21.1 Å². The summed E-state index contributed by atoms with van der Waals surface area (Å²) in [6, 6.07) is 19.8. The highest BCUT2D eigenvalue weighted by Gasteiger charge is 2.25. The Bertz CT molecular complexity index is 1530. The molecule has 34 heavy (non-hydrogen) atoms. The molecule has 9 heteroatoms. The molecule has 0 radical (unpaired) electrons. The summed E-state index contributed by atoms with van der Waals surface area (Å²) in [6.45, 7) is 0. The highest BCUT2D eigenvalue weighted by atomic mass is 79.9. The van der Waals surface area contributed by atoms with E-state index in [-0.39, 0.29) is 17.3 Å². The molecule has 1 aliphatic heterocycles. The Morgan fingerprint density at radius 3 is 2.56 bits per heavy atom. The lowest BCUT2D eigenvalue weighted by molar-refractivity contribution is -0.129. The lowest BCUT2D eigenvalue weighted by Crippen LogP contribution is -2.08. The first-order chi connectivity index (χ1) is 16.4. The number of ether oxygens (including phenoxy) is 2. The lowest BCUT2D eigenvalue weighted by atomic mass is 10.1. The van der Waals surface area contributed by atoms with Crippen molar-refractivity contribution in [1.29, 1.82) is 0 Å². The summed E-state index contributed by atoms with van der Waals surface area (Å²) in [5, 5.41) is 1.11. The molecular weight excluding hydrogens is 606 g/mol. The molecule has 4 aromatic rings. The Morgan fingerprint density at radius 1 is 1.03 bits per heavy atom. The normalized spacial score (nSPS) is 14.4. The largest absolute Gasteiger partial charge is 0.422 e. The van der Waals surface area contributed by atoms with E-state index in [2.05, 4.69) is 36.9 Å². The van der Waals surface area contributed by atoms with Crippen LogP contribution in [0, 0.1) is 0 Å². The zero-order chi connectivity index (χ0) is 23.8. The molecule has 5 nitrogen and oxygen atoms in total. The molecule has 0 saturated carbocycles. The number of halogens is 3. The third kappa shape index (κ3) is 4.59. The van der Waals surface area contributed by atoms with Gasteiger partial charge in [0.2, 0.25) is 5.90 Å². The number of aliphatic imine (C=N–C) groups is 1. The molecule has 0 saturated heterocycles. The van der Waals surface area contributed by atoms with Crippen LogP contribution in [0.5, 0.6) is 5.75 Å². The van der Waals surface area contributed by atoms with Gasteiger partial charge in [-0.1, -0.05) is 67.7 Å². The quantitative estimate of drug-likeness (QED) is 0.134. The smallest absolute Gasteiger partial charge is 0.363 e. The predicted octanol–water partition coefficient (Wildman–Crippen LogP) is 7.64. The third-order valence-electron chi connectivity index (χ3n) is 4.88. The number of carbonyl (C=O) groups excluding carboxylic acids is 2. The molecule has 0 N–H and O–H groups in total. The second-order valence-corrected chi connectivity index (χ2v) is 10.4. The van der Waals surface area contributed by atoms with Crippen molar-refractivity contribution in [3.63, 3.8) is 0 Å². The summed E-state index contributed by atoms with van der Waals surface area (Å²) in [4.78, 5) is 30.0. The lowest BCUT2D eigenvalue weighted by Gasteiger charge is -2.08. The summed E-state index contributed by atoms with van der Waals surface area (Å²) in [7, 11) is 0. The summed E-state index contributed by atoms with van der Waals surface area (Å²) in [6.07, 6.45) is 1.52. The number of hydrogen-bond acceptors (Lipinski definition) is 6. The summed E-state index contributed by atoms with van der Waals surface area (Å²) >= 11 is 14.6. The minimum atomic E-state index is -0.591. The Balaban J connectivity index is 1.48. The molecule has 0 amide bonds. The molecule has 0 atom stereocenters. The van der Waals surface area contributed by atoms with Gasteiger partial charge in [0.15, 0.2) is 5.70 Å². The maximum absolute atomic E-state index is 13.0. The minimum Gasteiger partial charge on any atom is -0.422 e. The van der Waals surface area contributed by atoms with Crippen LogP contribution < -0.4 is 4.74 Å². The number of thiophene rings is 1. The van der Waals surface area contributed by atoms with Gasteiger partial charge in [-0.2, -0.15) is 0 Å². The molecular formula is C25H12Br2ClNO4S. The van der Waals surface area contributed by atoms with Crippen molar-refractivity contribution >= 4 is 88.8 Å². The average molecular weight is 618 g/mol. The van der Waals surface area contributed by atoms with Crippen LogP contribution in [0.1, 0.15) is 20.8 Å². The molecule has 5 rings (SSSR count). The molecule has 1 aromatic heterocycles. The average Bonchev–Trinajstić information content (AvgIpc) is 3.35. The molecule has 2 heterocycles. The van der Waals surface area contributed by atoms with E-state index < -0.39 is 11.9 Å². The van der Waals surface area contributed by atoms with E-state index >= 15 is 0 Å². The van der Waals surface area contributed by atoms with Crippen molar-refractivity contribution < 1.29 is 19.1 Å². The van der Waals surface area contributed by atoms with Crippen LogP contribution in [-0.2, 0) is 9.53 Å². The van der Waals surface area contributed by atoms with Crippen molar-refractivity contribution in [2.24, 2.45) is 4.99 Å². The maximum atomic E-state index is 13.0. The first-order valence-corrected chi connectivity index (χ1v) is 12.6. The van der Waals surface area contributed by atoms with E-state index in [1.54, 1.807) is 30.3 Å². The van der Waals surface area contributed by atoms with Crippen LogP contribution in [0.15, 0.2) is 86.4 Å². The van der Waals surface area contributed by atoms with E-state index in [0.29, 0.717) is 21.0 Å². The minimum absolute atomic E-state index is 0.0963. The van der Waals surface area contributed by atoms with Crippen molar-refractivity contribution in [2.45, 2.75) is 0 Å². The number of esters is 2. The fourth-order valence-electron chi connectivity index (χ4n) is 3.30. The molecule has 0 spiro atoms. The Labute approximate surface area is 219 Å². The van der Waals surface area contributed by atoms with Crippen molar-refractivity contribution in [1.82, 2.24) is 0 Å². The highest BCUT2D eigenvalue weighted by Crippen LogP contribution is 2.38. The van der Waals surface area contributed by atoms with Crippen LogP contribution >= 0.6 is 54.8 Å². The zero-order valence-electron chi connectivity index (χ0n) is 17.1. The van der Waals surface area contributed by atoms with E-state index in [0.717, 1.165) is 19.0 Å². The first-order valence-electron chi connectivity index (χ1n) is 9.86. The van der Waals surface area contributed by atoms with Crippen LogP contribution in [-0.4, -0.2) is 17.8 Å². The van der Waals surface area contributed by atoms with Crippen molar-refractivity contribution in [2.75, 3.05) is 0 Å². The van der Waals surface area contributed by atoms with Crippen LogP contribution in [0.4, 0.5) is 0 Å². The van der Waals surface area contributed by atoms with Gasteiger partial charge >= 0.3 is 11.9 Å². The third-order valence-corrected chi connectivity index (χ3v) is 7.51. The van der Waals surface area contributed by atoms with Gasteiger partial charge in [0, 0.05) is 30.2 Å². The topological polar surface area (TPSA) is 65.0 Å². The molecule has 0 bridgehead atoms. The Kier molecular flexibility index (Phi) is 6.40. The fourth-order valence-corrected chi connectivity index (χ4v) is 5.62. The number of benzene rings is 3. The van der Waals surface area contributed by atoms with Gasteiger partial charge in [0.05, 0.1) is 5.02 Å². The molecule has 0 aliphatic carbocycles. The number of hydrogen-bond donors (Lipinski definition) is 0.